The van der Waals surface area contributed by atoms with Gasteiger partial charge >= 0.3 is 5.97 Å². The van der Waals surface area contributed by atoms with Crippen LogP contribution in [0.15, 0.2) is 42.7 Å². The molecule has 0 unspecified atom stereocenters. The van der Waals surface area contributed by atoms with E-state index < -0.39 is 9.84 Å². The van der Waals surface area contributed by atoms with Gasteiger partial charge in [-0.15, -0.1) is 0 Å². The van der Waals surface area contributed by atoms with Gasteiger partial charge in [-0.2, -0.15) is 0 Å². The second kappa shape index (κ2) is 15.0. The quantitative estimate of drug-likeness (QED) is 0.148. The Hall–Kier alpha value is -3.71. The minimum atomic E-state index is -3.03. The van der Waals surface area contributed by atoms with Crippen LogP contribution in [0, 0.1) is 5.92 Å². The Morgan fingerprint density at radius 2 is 1.77 bits per heavy atom. The van der Waals surface area contributed by atoms with Crippen molar-refractivity contribution >= 4 is 38.6 Å². The number of sulfone groups is 1. The van der Waals surface area contributed by atoms with Crippen molar-refractivity contribution in [2.24, 2.45) is 5.92 Å². The van der Waals surface area contributed by atoms with Gasteiger partial charge in [-0.25, -0.2) is 8.42 Å². The second-order valence-corrected chi connectivity index (χ2v) is 16.1. The van der Waals surface area contributed by atoms with Gasteiger partial charge < -0.3 is 38.7 Å². The minimum Gasteiger partial charge on any atom is -0.493 e. The third kappa shape index (κ3) is 9.90. The van der Waals surface area contributed by atoms with Crippen LogP contribution < -0.4 is 4.74 Å². The highest BCUT2D eigenvalue weighted by atomic mass is 32.2. The Bertz CT molecular complexity index is 1640. The molecule has 2 aliphatic rings. The molecule has 1 aromatic carbocycles. The third-order valence-corrected chi connectivity index (χ3v) is 9.90. The van der Waals surface area contributed by atoms with Crippen molar-refractivity contribution in [2.45, 2.75) is 63.5 Å². The molecule has 0 spiro atoms. The van der Waals surface area contributed by atoms with Crippen LogP contribution in [-0.2, 0) is 24.2 Å². The first-order chi connectivity index (χ1) is 22.3. The summed E-state index contributed by atoms with van der Waals surface area (Å²) in [5.41, 5.74) is 0.913. The highest BCUT2D eigenvalue weighted by Crippen LogP contribution is 2.34. The molecule has 13 heteroatoms. The minimum absolute atomic E-state index is 0.00798. The lowest BCUT2D eigenvalue weighted by Crippen LogP contribution is -2.45. The summed E-state index contributed by atoms with van der Waals surface area (Å²) in [5.74, 6) is 1.94. The monoisotopic (exact) mass is 668 g/mol. The molecule has 256 valence electrons. The van der Waals surface area contributed by atoms with E-state index in [2.05, 4.69) is 26.1 Å². The van der Waals surface area contributed by atoms with Gasteiger partial charge in [-0.3, -0.25) is 9.59 Å². The number of hydrogen-bond donors (Lipinski definition) is 0. The summed E-state index contributed by atoms with van der Waals surface area (Å²) < 4.78 is 37.1. The normalized spacial score (nSPS) is 19.4. The van der Waals surface area contributed by atoms with Crippen molar-refractivity contribution in [3.8, 4) is 11.6 Å². The highest BCUT2D eigenvalue weighted by Gasteiger charge is 2.32. The van der Waals surface area contributed by atoms with Crippen LogP contribution in [0.5, 0.6) is 5.75 Å². The fourth-order valence-electron chi connectivity index (χ4n) is 6.24. The lowest BCUT2D eigenvalue weighted by atomic mass is 9.85. The van der Waals surface area contributed by atoms with Gasteiger partial charge in [0.25, 0.3) is 0 Å². The number of rotatable bonds is 13. The summed E-state index contributed by atoms with van der Waals surface area (Å²) >= 11 is 0. The number of quaternary nitrogens is 1. The van der Waals surface area contributed by atoms with Crippen molar-refractivity contribution in [2.75, 3.05) is 59.4 Å². The molecule has 3 aromatic rings. The molecule has 2 aromatic heterocycles. The molecule has 1 aliphatic heterocycles. The fourth-order valence-corrected chi connectivity index (χ4v) is 6.88. The van der Waals surface area contributed by atoms with Gasteiger partial charge in [0.2, 0.25) is 5.91 Å². The van der Waals surface area contributed by atoms with E-state index in [0.29, 0.717) is 62.9 Å². The highest BCUT2D eigenvalue weighted by molar-refractivity contribution is 7.90. The van der Waals surface area contributed by atoms with Gasteiger partial charge in [-0.05, 0) is 68.6 Å². The lowest BCUT2D eigenvalue weighted by molar-refractivity contribution is -0.869. The van der Waals surface area contributed by atoms with E-state index in [1.165, 1.54) is 6.26 Å². The molecular formula is C34H48N6O6S. The van der Waals surface area contributed by atoms with Gasteiger partial charge in [0.1, 0.15) is 21.7 Å². The van der Waals surface area contributed by atoms with Crippen molar-refractivity contribution in [3.63, 3.8) is 0 Å². The topological polar surface area (TPSA) is 135 Å². The Labute approximate surface area is 278 Å². The van der Waals surface area contributed by atoms with Crippen molar-refractivity contribution in [3.05, 3.63) is 48.0 Å². The number of benzene rings is 1. The van der Waals surface area contributed by atoms with Crippen LogP contribution in [-0.4, -0.2) is 116 Å². The molecule has 1 saturated carbocycles. The predicted molar refractivity (Wildman–Crippen MR) is 181 cm³/mol. The number of aromatic nitrogens is 3. The molecule has 12 nitrogen and oxygen atoms in total. The molecule has 0 radical (unpaired) electrons. The molecule has 0 bridgehead atoms. The first-order valence-electron chi connectivity index (χ1n) is 16.6. The summed E-state index contributed by atoms with van der Waals surface area (Å²) in [7, 11) is 3.14. The third-order valence-electron chi connectivity index (χ3n) is 8.87. The van der Waals surface area contributed by atoms with E-state index >= 15 is 0 Å². The van der Waals surface area contributed by atoms with E-state index in [0.717, 1.165) is 47.6 Å². The smallest absolute Gasteiger partial charge is 0.311 e. The molecule has 0 atom stereocenters. The number of ether oxygens (including phenoxy) is 2. The molecule has 1 saturated heterocycles. The Morgan fingerprint density at radius 3 is 2.47 bits per heavy atom. The summed E-state index contributed by atoms with van der Waals surface area (Å²) in [6, 6.07) is 9.62. The number of fused-ring (bicyclic) bond motifs is 1. The van der Waals surface area contributed by atoms with Gasteiger partial charge in [0, 0.05) is 55.6 Å². The molecule has 47 heavy (non-hydrogen) atoms. The lowest BCUT2D eigenvalue weighted by Gasteiger charge is -2.37. The first kappa shape index (κ1) is 34.6. The standard InChI is InChI=1S/C34H48N6O6S/c1-40(2,3)22-17-32(41)46-27-14-19-38(20-15-27)33(42)25-9-11-26(12-10-25)36-34-35-18-13-31(37-34)39-21-16-28-29(39)7-5-8-30(28)45-23-6-24-47(4,43)44/h5,7-8,13,16,18,21,25-27H,6,9-12,14-15,17,19-20,22-24H2,1-4H3. The zero-order chi connectivity index (χ0) is 33.6. The number of hydrogen-bond acceptors (Lipinski definition) is 8. The zero-order valence-electron chi connectivity index (χ0n) is 28.0. The molecule has 0 N–H and O–H groups in total. The molecule has 3 heterocycles. The van der Waals surface area contributed by atoms with E-state index in [9.17, 15) is 18.0 Å². The van der Waals surface area contributed by atoms with Crippen molar-refractivity contribution in [1.29, 1.82) is 0 Å². The number of nitrogens with zero attached hydrogens (tertiary/aromatic N) is 6. The molecule has 1 amide bonds. The average molecular weight is 669 g/mol. The van der Waals surface area contributed by atoms with Crippen LogP contribution in [0.25, 0.3) is 22.0 Å². The van der Waals surface area contributed by atoms with Crippen LogP contribution in [0.3, 0.4) is 0 Å². The fraction of sp³-hybridized carbons (Fsp3) is 0.588. The van der Waals surface area contributed by atoms with Crippen molar-refractivity contribution < 1.29 is 32.0 Å². The summed E-state index contributed by atoms with van der Waals surface area (Å²) in [4.78, 5) is 36.6. The van der Waals surface area contributed by atoms with Gasteiger partial charge in [-0.1, -0.05) is 6.07 Å². The van der Waals surface area contributed by atoms with E-state index in [1.54, 1.807) is 6.20 Å². The number of piperidine rings is 1. The largest absolute Gasteiger partial charge is 0.493 e. The van der Waals surface area contributed by atoms with Gasteiger partial charge in [0.15, 0.2) is 0 Å². The second-order valence-electron chi connectivity index (χ2n) is 13.8. The van der Waals surface area contributed by atoms with Crippen LogP contribution in [0.2, 0.25) is 0 Å². The summed E-state index contributed by atoms with van der Waals surface area (Å²) in [6.45, 7) is 2.31. The first-order valence-corrected chi connectivity index (χ1v) is 18.6. The Kier molecular flexibility index (Phi) is 11.1. The van der Waals surface area contributed by atoms with Gasteiger partial charge in [0.05, 0.1) is 57.8 Å². The van der Waals surface area contributed by atoms with Crippen LogP contribution >= 0.6 is 0 Å². The Balaban J connectivity index is 1.09. The molecular weight excluding hydrogens is 620 g/mol. The number of amides is 1. The molecule has 5 rings (SSSR count). The molecule has 1 aliphatic carbocycles. The van der Waals surface area contributed by atoms with E-state index in [4.69, 9.17) is 19.8 Å². The zero-order valence-corrected chi connectivity index (χ0v) is 28.8. The average Bonchev–Trinajstić information content (AvgIpc) is 3.47. The molecule has 2 fully saturated rings. The number of likely N-dealkylation sites (tertiary alicyclic amines) is 1. The maximum atomic E-state index is 13.3. The SMILES string of the molecule is C[N+](C)(C)CCC(=O)OC1CCN(C(=O)C2CCC([N-]c3nccc(-n4ccc5c(OCCCS(C)(=O)=O)cccc54)n3)CC2)CC1. The number of carbonyl (C=O) groups excluding carboxylic acids is 2. The van der Waals surface area contributed by atoms with Crippen molar-refractivity contribution in [1.82, 2.24) is 19.4 Å². The summed E-state index contributed by atoms with van der Waals surface area (Å²) in [5, 5.41) is 5.76. The Morgan fingerprint density at radius 1 is 1.02 bits per heavy atom. The van der Waals surface area contributed by atoms with E-state index in [-0.39, 0.29) is 35.7 Å². The predicted octanol–water partition coefficient (Wildman–Crippen LogP) is 4.43. The van der Waals surface area contributed by atoms with Crippen LogP contribution in [0.4, 0.5) is 5.95 Å². The number of esters is 1. The van der Waals surface area contributed by atoms with E-state index in [1.807, 2.05) is 46.0 Å². The maximum Gasteiger partial charge on any atom is 0.311 e. The maximum absolute atomic E-state index is 13.3. The summed E-state index contributed by atoms with van der Waals surface area (Å²) in [6.07, 6.45) is 10.1. The van der Waals surface area contributed by atoms with Crippen LogP contribution in [0.1, 0.15) is 51.4 Å². The number of carbonyl (C=O) groups is 2.